The van der Waals surface area contributed by atoms with Gasteiger partial charge in [-0.3, -0.25) is 14.9 Å². The summed E-state index contributed by atoms with van der Waals surface area (Å²) in [7, 11) is 0. The number of nitrogens with one attached hydrogen (secondary N) is 2. The Kier molecular flexibility index (Phi) is 6.27. The molecule has 0 fully saturated rings. The van der Waals surface area contributed by atoms with Crippen LogP contribution < -0.4 is 10.6 Å². The molecule has 2 N–H and O–H groups in total. The van der Waals surface area contributed by atoms with Gasteiger partial charge in [0.1, 0.15) is 5.76 Å². The van der Waals surface area contributed by atoms with Gasteiger partial charge in [-0.2, -0.15) is 0 Å². The number of anilines is 1. The molecule has 25 heavy (non-hydrogen) atoms. The molecule has 8 heteroatoms. The fraction of sp³-hybridized carbons (Fsp3) is 0.294. The summed E-state index contributed by atoms with van der Waals surface area (Å²) >= 11 is 0. The van der Waals surface area contributed by atoms with Crippen LogP contribution in [-0.2, 0) is 20.7 Å². The van der Waals surface area contributed by atoms with Crippen molar-refractivity contribution >= 4 is 23.6 Å². The summed E-state index contributed by atoms with van der Waals surface area (Å²) in [4.78, 5) is 34.9. The van der Waals surface area contributed by atoms with E-state index in [0.29, 0.717) is 17.9 Å². The molecule has 1 aromatic carbocycles. The Bertz CT molecular complexity index is 735. The normalized spacial score (nSPS) is 10.2. The zero-order valence-electron chi connectivity index (χ0n) is 14.0. The third kappa shape index (κ3) is 5.76. The number of ether oxygens (including phenoxy) is 1. The Morgan fingerprint density at radius 2 is 1.88 bits per heavy atom. The van der Waals surface area contributed by atoms with E-state index in [0.717, 1.165) is 11.3 Å². The summed E-state index contributed by atoms with van der Waals surface area (Å²) in [5, 5.41) is 8.37. The lowest BCUT2D eigenvalue weighted by Gasteiger charge is -2.07. The largest absolute Gasteiger partial charge is 0.456 e. The molecule has 0 bridgehead atoms. The number of rotatable bonds is 6. The first kappa shape index (κ1) is 18.2. The summed E-state index contributed by atoms with van der Waals surface area (Å²) < 4.78 is 9.86. The second-order valence-electron chi connectivity index (χ2n) is 5.33. The third-order valence-electron chi connectivity index (χ3n) is 3.41. The van der Waals surface area contributed by atoms with Crippen molar-refractivity contribution in [3.05, 3.63) is 47.3 Å². The Balaban J connectivity index is 1.68. The summed E-state index contributed by atoms with van der Waals surface area (Å²) in [6.45, 7) is 3.03. The lowest BCUT2D eigenvalue weighted by Crippen LogP contribution is -2.37. The van der Waals surface area contributed by atoms with Crippen molar-refractivity contribution in [2.45, 2.75) is 26.7 Å². The highest BCUT2D eigenvalue weighted by atomic mass is 16.5. The number of imide groups is 1. The molecular formula is C17H19N3O5. The average molecular weight is 345 g/mol. The quantitative estimate of drug-likeness (QED) is 0.776. The van der Waals surface area contributed by atoms with Crippen LogP contribution in [0.25, 0.3) is 0 Å². The number of hydrogen-bond acceptors (Lipinski definition) is 6. The third-order valence-corrected chi connectivity index (χ3v) is 3.41. The van der Waals surface area contributed by atoms with Gasteiger partial charge in [0.15, 0.2) is 6.61 Å². The monoisotopic (exact) mass is 345 g/mol. The molecule has 2 rings (SSSR count). The minimum absolute atomic E-state index is 0.0897. The smallest absolute Gasteiger partial charge is 0.325 e. The summed E-state index contributed by atoms with van der Waals surface area (Å²) in [6, 6.07) is 7.97. The first-order valence-corrected chi connectivity index (χ1v) is 7.69. The Morgan fingerprint density at radius 3 is 2.52 bits per heavy atom. The van der Waals surface area contributed by atoms with E-state index in [4.69, 9.17) is 9.26 Å². The number of aromatic nitrogens is 1. The highest BCUT2D eigenvalue weighted by molar-refractivity contribution is 6.01. The van der Waals surface area contributed by atoms with Gasteiger partial charge in [0.2, 0.25) is 0 Å². The predicted molar refractivity (Wildman–Crippen MR) is 88.9 cm³/mol. The molecule has 0 saturated heterocycles. The lowest BCUT2D eigenvalue weighted by molar-refractivity contribution is -0.148. The molecule has 0 aliphatic carbocycles. The molecule has 132 valence electrons. The molecule has 0 saturated carbocycles. The SMILES string of the molecule is Cc1noc(C)c1CCC(=O)OCC(=O)NC(=O)Nc1ccccc1. The maximum absolute atomic E-state index is 11.7. The van der Waals surface area contributed by atoms with E-state index in [-0.39, 0.29) is 6.42 Å². The van der Waals surface area contributed by atoms with Crippen LogP contribution in [-0.4, -0.2) is 29.7 Å². The van der Waals surface area contributed by atoms with Gasteiger partial charge in [-0.05, 0) is 32.4 Å². The summed E-state index contributed by atoms with van der Waals surface area (Å²) in [6.07, 6.45) is 0.502. The van der Waals surface area contributed by atoms with Gasteiger partial charge < -0.3 is 14.6 Å². The van der Waals surface area contributed by atoms with Crippen LogP contribution >= 0.6 is 0 Å². The second-order valence-corrected chi connectivity index (χ2v) is 5.33. The molecule has 1 heterocycles. The van der Waals surface area contributed by atoms with Gasteiger partial charge >= 0.3 is 12.0 Å². The van der Waals surface area contributed by atoms with Crippen molar-refractivity contribution in [1.29, 1.82) is 0 Å². The van der Waals surface area contributed by atoms with Crippen LogP contribution in [0.2, 0.25) is 0 Å². The fourth-order valence-corrected chi connectivity index (χ4v) is 2.15. The number of nitrogens with zero attached hydrogens (tertiary/aromatic N) is 1. The number of para-hydroxylation sites is 1. The van der Waals surface area contributed by atoms with E-state index in [2.05, 4.69) is 15.8 Å². The summed E-state index contributed by atoms with van der Waals surface area (Å²) in [5.74, 6) is -0.599. The van der Waals surface area contributed by atoms with Crippen LogP contribution in [0.15, 0.2) is 34.9 Å². The molecule has 3 amide bonds. The van der Waals surface area contributed by atoms with E-state index >= 15 is 0 Å². The number of esters is 1. The van der Waals surface area contributed by atoms with E-state index < -0.39 is 24.5 Å². The van der Waals surface area contributed by atoms with Gasteiger partial charge in [0, 0.05) is 17.7 Å². The Labute approximate surface area is 144 Å². The van der Waals surface area contributed by atoms with E-state index in [9.17, 15) is 14.4 Å². The fourth-order valence-electron chi connectivity index (χ4n) is 2.15. The van der Waals surface area contributed by atoms with Crippen molar-refractivity contribution in [1.82, 2.24) is 10.5 Å². The number of benzene rings is 1. The maximum atomic E-state index is 11.7. The topological polar surface area (TPSA) is 111 Å². The minimum atomic E-state index is -0.709. The molecule has 0 unspecified atom stereocenters. The molecular weight excluding hydrogens is 326 g/mol. The molecule has 0 aliphatic heterocycles. The zero-order chi connectivity index (χ0) is 18.2. The van der Waals surface area contributed by atoms with Gasteiger partial charge in [-0.1, -0.05) is 23.4 Å². The summed E-state index contributed by atoms with van der Waals surface area (Å²) in [5.41, 5.74) is 2.12. The van der Waals surface area contributed by atoms with Crippen LogP contribution in [0.5, 0.6) is 0 Å². The molecule has 0 radical (unpaired) electrons. The average Bonchev–Trinajstić information content (AvgIpc) is 2.90. The predicted octanol–water partition coefficient (Wildman–Crippen LogP) is 2.12. The number of hydrogen-bond donors (Lipinski definition) is 2. The lowest BCUT2D eigenvalue weighted by atomic mass is 10.1. The maximum Gasteiger partial charge on any atom is 0.325 e. The number of urea groups is 1. The number of carbonyl (C=O) groups excluding carboxylic acids is 3. The standard InChI is InChI=1S/C17H19N3O5/c1-11-14(12(2)25-20-11)8-9-16(22)24-10-15(21)19-17(23)18-13-6-4-3-5-7-13/h3-7H,8-10H2,1-2H3,(H2,18,19,21,23). The molecule has 0 atom stereocenters. The Morgan fingerprint density at radius 1 is 1.16 bits per heavy atom. The van der Waals surface area contributed by atoms with E-state index in [1.54, 1.807) is 44.2 Å². The van der Waals surface area contributed by atoms with Gasteiger partial charge in [0.25, 0.3) is 5.91 Å². The van der Waals surface area contributed by atoms with Crippen LogP contribution in [0.3, 0.4) is 0 Å². The highest BCUT2D eigenvalue weighted by Crippen LogP contribution is 2.14. The van der Waals surface area contributed by atoms with Crippen LogP contribution in [0.4, 0.5) is 10.5 Å². The molecule has 0 aliphatic rings. The van der Waals surface area contributed by atoms with Crippen molar-refractivity contribution in [3.8, 4) is 0 Å². The second kappa shape index (κ2) is 8.62. The van der Waals surface area contributed by atoms with Crippen molar-refractivity contribution < 1.29 is 23.6 Å². The number of aryl methyl sites for hydroxylation is 2. The zero-order valence-corrected chi connectivity index (χ0v) is 14.0. The molecule has 8 nitrogen and oxygen atoms in total. The van der Waals surface area contributed by atoms with Crippen molar-refractivity contribution in [3.63, 3.8) is 0 Å². The first-order chi connectivity index (χ1) is 12.0. The number of carbonyl (C=O) groups is 3. The molecule has 2 aromatic rings. The van der Waals surface area contributed by atoms with Crippen molar-refractivity contribution in [2.75, 3.05) is 11.9 Å². The van der Waals surface area contributed by atoms with E-state index in [1.807, 2.05) is 0 Å². The van der Waals surface area contributed by atoms with Crippen LogP contribution in [0, 0.1) is 13.8 Å². The van der Waals surface area contributed by atoms with Gasteiger partial charge in [-0.15, -0.1) is 0 Å². The van der Waals surface area contributed by atoms with E-state index in [1.165, 1.54) is 0 Å². The van der Waals surface area contributed by atoms with Crippen LogP contribution in [0.1, 0.15) is 23.4 Å². The van der Waals surface area contributed by atoms with Crippen molar-refractivity contribution in [2.24, 2.45) is 0 Å². The molecule has 0 spiro atoms. The molecule has 1 aromatic heterocycles. The van der Waals surface area contributed by atoms with Gasteiger partial charge in [0.05, 0.1) is 5.69 Å². The minimum Gasteiger partial charge on any atom is -0.456 e. The first-order valence-electron chi connectivity index (χ1n) is 7.69. The van der Waals surface area contributed by atoms with Gasteiger partial charge in [-0.25, -0.2) is 4.79 Å². The number of amides is 3. The Hall–Kier alpha value is -3.16. The highest BCUT2D eigenvalue weighted by Gasteiger charge is 2.14.